The van der Waals surface area contributed by atoms with Gasteiger partial charge in [-0.3, -0.25) is 0 Å². The van der Waals surface area contributed by atoms with E-state index in [0.29, 0.717) is 5.75 Å². The molecule has 2 unspecified atom stereocenters. The maximum atomic E-state index is 10.2. The third kappa shape index (κ3) is 2.74. The van der Waals surface area contributed by atoms with Crippen molar-refractivity contribution in [1.29, 1.82) is 0 Å². The van der Waals surface area contributed by atoms with Gasteiger partial charge in [0.15, 0.2) is 0 Å². The van der Waals surface area contributed by atoms with Crippen LogP contribution >= 0.6 is 0 Å². The van der Waals surface area contributed by atoms with E-state index < -0.39 is 6.10 Å². The smallest absolute Gasteiger partial charge is 0.124 e. The van der Waals surface area contributed by atoms with Gasteiger partial charge in [-0.15, -0.1) is 0 Å². The summed E-state index contributed by atoms with van der Waals surface area (Å²) in [5, 5.41) is 10.2. The lowest BCUT2D eigenvalue weighted by Gasteiger charge is -2.24. The van der Waals surface area contributed by atoms with Gasteiger partial charge in [0.05, 0.1) is 13.2 Å². The molecule has 0 spiro atoms. The fourth-order valence-corrected chi connectivity index (χ4v) is 1.66. The Kier molecular flexibility index (Phi) is 4.33. The molecular formula is C13H21NO2. The Labute approximate surface area is 97.2 Å². The van der Waals surface area contributed by atoms with Gasteiger partial charge in [-0.25, -0.2) is 0 Å². The monoisotopic (exact) mass is 223 g/mol. The number of ether oxygens (including phenoxy) is 1. The van der Waals surface area contributed by atoms with Gasteiger partial charge in [-0.1, -0.05) is 25.5 Å². The molecule has 3 nitrogen and oxygen atoms in total. The van der Waals surface area contributed by atoms with Gasteiger partial charge in [-0.2, -0.15) is 0 Å². The number of aliphatic hydroxyl groups excluding tert-OH is 1. The summed E-state index contributed by atoms with van der Waals surface area (Å²) in [6, 6.07) is 5.46. The minimum Gasteiger partial charge on any atom is -0.496 e. The minimum atomic E-state index is -0.685. The molecule has 0 bridgehead atoms. The van der Waals surface area contributed by atoms with E-state index in [2.05, 4.69) is 0 Å². The number of aryl methyl sites for hydroxylation is 1. The van der Waals surface area contributed by atoms with Crippen molar-refractivity contribution < 1.29 is 9.84 Å². The van der Waals surface area contributed by atoms with E-state index in [0.717, 1.165) is 11.1 Å². The first-order valence-corrected chi connectivity index (χ1v) is 5.55. The largest absolute Gasteiger partial charge is 0.496 e. The third-order valence-electron chi connectivity index (χ3n) is 2.84. The van der Waals surface area contributed by atoms with Gasteiger partial charge in [0.1, 0.15) is 5.75 Å². The molecule has 90 valence electrons. The average Bonchev–Trinajstić information content (AvgIpc) is 2.26. The maximum absolute atomic E-state index is 10.2. The van der Waals surface area contributed by atoms with E-state index in [9.17, 15) is 5.11 Å². The SMILES string of the molecule is COc1ccc(C)cc1C(O)C(N)C(C)C. The molecule has 0 heterocycles. The van der Waals surface area contributed by atoms with E-state index in [1.165, 1.54) is 0 Å². The van der Waals surface area contributed by atoms with Gasteiger partial charge >= 0.3 is 0 Å². The normalized spacial score (nSPS) is 14.9. The van der Waals surface area contributed by atoms with Gasteiger partial charge in [-0.05, 0) is 25.0 Å². The second kappa shape index (κ2) is 5.32. The molecule has 16 heavy (non-hydrogen) atoms. The van der Waals surface area contributed by atoms with Crippen LogP contribution in [0.3, 0.4) is 0 Å². The van der Waals surface area contributed by atoms with Crippen LogP contribution in [0.5, 0.6) is 5.75 Å². The number of aliphatic hydroxyl groups is 1. The molecule has 0 amide bonds. The van der Waals surface area contributed by atoms with E-state index in [1.54, 1.807) is 7.11 Å². The molecule has 1 aromatic rings. The van der Waals surface area contributed by atoms with Gasteiger partial charge < -0.3 is 15.6 Å². The lowest BCUT2D eigenvalue weighted by atomic mass is 9.93. The van der Waals surface area contributed by atoms with E-state index in [1.807, 2.05) is 39.0 Å². The summed E-state index contributed by atoms with van der Waals surface area (Å²) in [6.45, 7) is 5.98. The number of hydrogen-bond donors (Lipinski definition) is 2. The second-order valence-electron chi connectivity index (χ2n) is 4.51. The Morgan fingerprint density at radius 2 is 1.94 bits per heavy atom. The first-order chi connectivity index (χ1) is 7.47. The molecule has 0 aromatic heterocycles. The number of methoxy groups -OCH3 is 1. The van der Waals surface area contributed by atoms with Crippen LogP contribution < -0.4 is 10.5 Å². The number of hydrogen-bond acceptors (Lipinski definition) is 3. The van der Waals surface area contributed by atoms with Crippen molar-refractivity contribution in [2.45, 2.75) is 32.9 Å². The van der Waals surface area contributed by atoms with Crippen LogP contribution in [-0.4, -0.2) is 18.3 Å². The van der Waals surface area contributed by atoms with Crippen molar-refractivity contribution in [3.05, 3.63) is 29.3 Å². The Balaban J connectivity index is 3.05. The Bertz CT molecular complexity index is 350. The van der Waals surface area contributed by atoms with E-state index in [4.69, 9.17) is 10.5 Å². The van der Waals surface area contributed by atoms with Crippen LogP contribution in [0.15, 0.2) is 18.2 Å². The molecule has 0 saturated carbocycles. The van der Waals surface area contributed by atoms with Crippen LogP contribution in [0.25, 0.3) is 0 Å². The van der Waals surface area contributed by atoms with Crippen molar-refractivity contribution in [2.75, 3.05) is 7.11 Å². The first kappa shape index (κ1) is 13.0. The predicted octanol–water partition coefficient (Wildman–Crippen LogP) is 2.02. The van der Waals surface area contributed by atoms with E-state index in [-0.39, 0.29) is 12.0 Å². The van der Waals surface area contributed by atoms with Crippen molar-refractivity contribution in [2.24, 2.45) is 11.7 Å². The number of nitrogens with two attached hydrogens (primary N) is 1. The third-order valence-corrected chi connectivity index (χ3v) is 2.84. The summed E-state index contributed by atoms with van der Waals surface area (Å²) in [7, 11) is 1.60. The van der Waals surface area contributed by atoms with Crippen LogP contribution in [0.1, 0.15) is 31.1 Å². The molecule has 0 fully saturated rings. The second-order valence-corrected chi connectivity index (χ2v) is 4.51. The van der Waals surface area contributed by atoms with Crippen molar-refractivity contribution >= 4 is 0 Å². The average molecular weight is 223 g/mol. The number of benzene rings is 1. The molecule has 0 aliphatic rings. The van der Waals surface area contributed by atoms with Crippen LogP contribution in [0.4, 0.5) is 0 Å². The molecule has 1 aromatic carbocycles. The summed E-state index contributed by atoms with van der Waals surface area (Å²) in [4.78, 5) is 0. The van der Waals surface area contributed by atoms with Crippen molar-refractivity contribution in [3.63, 3.8) is 0 Å². The van der Waals surface area contributed by atoms with Crippen molar-refractivity contribution in [1.82, 2.24) is 0 Å². The summed E-state index contributed by atoms with van der Waals surface area (Å²) < 4.78 is 5.24. The quantitative estimate of drug-likeness (QED) is 0.821. The highest BCUT2D eigenvalue weighted by molar-refractivity contribution is 5.39. The van der Waals surface area contributed by atoms with Crippen molar-refractivity contribution in [3.8, 4) is 5.75 Å². The Morgan fingerprint density at radius 3 is 2.44 bits per heavy atom. The zero-order valence-electron chi connectivity index (χ0n) is 10.4. The fraction of sp³-hybridized carbons (Fsp3) is 0.538. The maximum Gasteiger partial charge on any atom is 0.124 e. The predicted molar refractivity (Wildman–Crippen MR) is 65.5 cm³/mol. The first-order valence-electron chi connectivity index (χ1n) is 5.55. The van der Waals surface area contributed by atoms with Crippen LogP contribution in [-0.2, 0) is 0 Å². The summed E-state index contributed by atoms with van der Waals surface area (Å²) in [6.07, 6.45) is -0.685. The lowest BCUT2D eigenvalue weighted by Crippen LogP contribution is -2.33. The topological polar surface area (TPSA) is 55.5 Å². The highest BCUT2D eigenvalue weighted by Gasteiger charge is 2.22. The van der Waals surface area contributed by atoms with Crippen LogP contribution in [0.2, 0.25) is 0 Å². The summed E-state index contributed by atoms with van der Waals surface area (Å²) in [5.74, 6) is 0.911. The van der Waals surface area contributed by atoms with Gasteiger partial charge in [0.25, 0.3) is 0 Å². The molecule has 3 heteroatoms. The van der Waals surface area contributed by atoms with Gasteiger partial charge in [0, 0.05) is 11.6 Å². The molecule has 1 rings (SSSR count). The van der Waals surface area contributed by atoms with E-state index >= 15 is 0 Å². The molecule has 2 atom stereocenters. The Morgan fingerprint density at radius 1 is 1.31 bits per heavy atom. The standard InChI is InChI=1S/C13H21NO2/c1-8(2)12(14)13(15)10-7-9(3)5-6-11(10)16-4/h5-8,12-13,15H,14H2,1-4H3. The van der Waals surface area contributed by atoms with Gasteiger partial charge in [0.2, 0.25) is 0 Å². The number of rotatable bonds is 4. The molecule has 0 radical (unpaired) electrons. The highest BCUT2D eigenvalue weighted by atomic mass is 16.5. The zero-order chi connectivity index (χ0) is 12.3. The minimum absolute atomic E-state index is 0.222. The summed E-state index contributed by atoms with van der Waals surface area (Å²) in [5.41, 5.74) is 7.82. The molecule has 3 N–H and O–H groups in total. The zero-order valence-corrected chi connectivity index (χ0v) is 10.4. The lowest BCUT2D eigenvalue weighted by molar-refractivity contribution is 0.122. The fourth-order valence-electron chi connectivity index (χ4n) is 1.66. The molecule has 0 saturated heterocycles. The molecular weight excluding hydrogens is 202 g/mol. The Hall–Kier alpha value is -1.06. The highest BCUT2D eigenvalue weighted by Crippen LogP contribution is 2.29. The van der Waals surface area contributed by atoms with Crippen LogP contribution in [0, 0.1) is 12.8 Å². The molecule has 0 aliphatic carbocycles. The molecule has 0 aliphatic heterocycles. The summed E-state index contributed by atoms with van der Waals surface area (Å²) >= 11 is 0.